The molecule has 0 spiro atoms. The van der Waals surface area contributed by atoms with E-state index in [-0.39, 0.29) is 12.5 Å². The fourth-order valence-electron chi connectivity index (χ4n) is 1.88. The van der Waals surface area contributed by atoms with Crippen LogP contribution in [0.3, 0.4) is 0 Å². The SMILES string of the molecule is O=C(CNC(=O)NCCc1cccc(Cl)c1)Nc1cccnc1. The highest BCUT2D eigenvalue weighted by Gasteiger charge is 2.05. The van der Waals surface area contributed by atoms with Gasteiger partial charge < -0.3 is 16.0 Å². The van der Waals surface area contributed by atoms with Crippen molar-refractivity contribution in [2.24, 2.45) is 0 Å². The molecule has 2 aromatic rings. The van der Waals surface area contributed by atoms with Crippen molar-refractivity contribution in [1.29, 1.82) is 0 Å². The molecule has 1 aromatic heterocycles. The Morgan fingerprint density at radius 2 is 2.00 bits per heavy atom. The molecular formula is C16H17ClN4O2. The number of rotatable bonds is 6. The van der Waals surface area contributed by atoms with E-state index in [1.807, 2.05) is 18.2 Å². The molecule has 0 aliphatic heterocycles. The minimum absolute atomic E-state index is 0.113. The predicted octanol–water partition coefficient (Wildman–Crippen LogP) is 2.22. The van der Waals surface area contributed by atoms with Gasteiger partial charge in [-0.25, -0.2) is 4.79 Å². The molecule has 0 radical (unpaired) electrons. The Kier molecular flexibility index (Phi) is 6.38. The molecular weight excluding hydrogens is 316 g/mol. The maximum absolute atomic E-state index is 11.7. The van der Waals surface area contributed by atoms with Crippen molar-refractivity contribution in [2.75, 3.05) is 18.4 Å². The van der Waals surface area contributed by atoms with Gasteiger partial charge in [-0.2, -0.15) is 0 Å². The van der Waals surface area contributed by atoms with E-state index in [1.54, 1.807) is 24.4 Å². The highest BCUT2D eigenvalue weighted by Crippen LogP contribution is 2.10. The Balaban J connectivity index is 1.64. The highest BCUT2D eigenvalue weighted by molar-refractivity contribution is 6.30. The van der Waals surface area contributed by atoms with Crippen LogP contribution in [0.25, 0.3) is 0 Å². The first kappa shape index (κ1) is 16.8. The normalized spacial score (nSPS) is 9.96. The molecule has 6 nitrogen and oxygen atoms in total. The number of pyridine rings is 1. The van der Waals surface area contributed by atoms with Crippen molar-refractivity contribution in [3.63, 3.8) is 0 Å². The number of nitrogens with zero attached hydrogens (tertiary/aromatic N) is 1. The fourth-order valence-corrected chi connectivity index (χ4v) is 2.09. The zero-order chi connectivity index (χ0) is 16.5. The van der Waals surface area contributed by atoms with Crippen molar-refractivity contribution < 1.29 is 9.59 Å². The van der Waals surface area contributed by atoms with Gasteiger partial charge in [-0.1, -0.05) is 23.7 Å². The number of hydrogen-bond donors (Lipinski definition) is 3. The lowest BCUT2D eigenvalue weighted by Crippen LogP contribution is -2.40. The van der Waals surface area contributed by atoms with Crippen molar-refractivity contribution in [3.8, 4) is 0 Å². The largest absolute Gasteiger partial charge is 0.338 e. The summed E-state index contributed by atoms with van der Waals surface area (Å²) in [6, 6.07) is 10.5. The van der Waals surface area contributed by atoms with Gasteiger partial charge >= 0.3 is 6.03 Å². The number of halogens is 1. The second-order valence-electron chi connectivity index (χ2n) is 4.78. The highest BCUT2D eigenvalue weighted by atomic mass is 35.5. The number of amides is 3. The second-order valence-corrected chi connectivity index (χ2v) is 5.22. The van der Waals surface area contributed by atoms with Crippen LogP contribution in [0.2, 0.25) is 5.02 Å². The molecule has 1 aromatic carbocycles. The Morgan fingerprint density at radius 1 is 1.13 bits per heavy atom. The molecule has 0 fully saturated rings. The summed E-state index contributed by atoms with van der Waals surface area (Å²) in [6.07, 6.45) is 3.81. The molecule has 23 heavy (non-hydrogen) atoms. The number of carbonyl (C=O) groups is 2. The summed E-state index contributed by atoms with van der Waals surface area (Å²) in [5, 5.41) is 8.47. The monoisotopic (exact) mass is 332 g/mol. The summed E-state index contributed by atoms with van der Waals surface area (Å²) >= 11 is 5.89. The fraction of sp³-hybridized carbons (Fsp3) is 0.188. The number of anilines is 1. The number of carbonyl (C=O) groups excluding carboxylic acids is 2. The smallest absolute Gasteiger partial charge is 0.315 e. The van der Waals surface area contributed by atoms with Gasteiger partial charge in [0.15, 0.2) is 0 Å². The van der Waals surface area contributed by atoms with Crippen LogP contribution in [0.4, 0.5) is 10.5 Å². The van der Waals surface area contributed by atoms with Gasteiger partial charge in [0.1, 0.15) is 0 Å². The third-order valence-corrected chi connectivity index (χ3v) is 3.18. The van der Waals surface area contributed by atoms with Crippen LogP contribution in [-0.2, 0) is 11.2 Å². The van der Waals surface area contributed by atoms with Gasteiger partial charge in [-0.15, -0.1) is 0 Å². The standard InChI is InChI=1S/C16H17ClN4O2/c17-13-4-1-3-12(9-13)6-8-19-16(23)20-11-15(22)21-14-5-2-7-18-10-14/h1-5,7,9-10H,6,8,11H2,(H,21,22)(H2,19,20,23). The average Bonchev–Trinajstić information content (AvgIpc) is 2.54. The number of nitrogens with one attached hydrogen (secondary N) is 3. The number of urea groups is 1. The molecule has 0 aliphatic rings. The molecule has 1 heterocycles. The van der Waals surface area contributed by atoms with E-state index >= 15 is 0 Å². The van der Waals surface area contributed by atoms with E-state index in [2.05, 4.69) is 20.9 Å². The summed E-state index contributed by atoms with van der Waals surface area (Å²) < 4.78 is 0. The van der Waals surface area contributed by atoms with Crippen molar-refractivity contribution in [2.45, 2.75) is 6.42 Å². The number of aromatic nitrogens is 1. The van der Waals surface area contributed by atoms with Crippen LogP contribution in [0.15, 0.2) is 48.8 Å². The first-order chi connectivity index (χ1) is 11.1. The molecule has 2 rings (SSSR count). The van der Waals surface area contributed by atoms with E-state index in [0.717, 1.165) is 5.56 Å². The van der Waals surface area contributed by atoms with Crippen molar-refractivity contribution in [1.82, 2.24) is 15.6 Å². The second kappa shape index (κ2) is 8.75. The number of hydrogen-bond acceptors (Lipinski definition) is 3. The summed E-state index contributed by atoms with van der Waals surface area (Å²) in [5.41, 5.74) is 1.62. The minimum atomic E-state index is -0.395. The predicted molar refractivity (Wildman–Crippen MR) is 89.4 cm³/mol. The van der Waals surface area contributed by atoms with Crippen LogP contribution < -0.4 is 16.0 Å². The Labute approximate surface area is 139 Å². The molecule has 3 amide bonds. The van der Waals surface area contributed by atoms with Crippen LogP contribution in [-0.4, -0.2) is 30.0 Å². The Morgan fingerprint density at radius 3 is 2.74 bits per heavy atom. The molecule has 0 unspecified atom stereocenters. The lowest BCUT2D eigenvalue weighted by Gasteiger charge is -2.08. The summed E-state index contributed by atoms with van der Waals surface area (Å²) in [7, 11) is 0. The molecule has 120 valence electrons. The van der Waals surface area contributed by atoms with Gasteiger partial charge in [-0.05, 0) is 36.2 Å². The van der Waals surface area contributed by atoms with E-state index in [9.17, 15) is 9.59 Å². The van der Waals surface area contributed by atoms with Crippen LogP contribution in [0.1, 0.15) is 5.56 Å². The summed E-state index contributed by atoms with van der Waals surface area (Å²) in [6.45, 7) is 0.342. The minimum Gasteiger partial charge on any atom is -0.338 e. The Bertz CT molecular complexity index is 664. The molecule has 0 atom stereocenters. The third-order valence-electron chi connectivity index (χ3n) is 2.94. The summed E-state index contributed by atoms with van der Waals surface area (Å²) in [5.74, 6) is -0.317. The molecule has 0 bridgehead atoms. The van der Waals surface area contributed by atoms with Crippen molar-refractivity contribution >= 4 is 29.2 Å². The zero-order valence-electron chi connectivity index (χ0n) is 12.4. The van der Waals surface area contributed by atoms with E-state index < -0.39 is 6.03 Å². The zero-order valence-corrected chi connectivity index (χ0v) is 13.1. The molecule has 0 saturated carbocycles. The maximum atomic E-state index is 11.7. The lowest BCUT2D eigenvalue weighted by atomic mass is 10.1. The number of benzene rings is 1. The van der Waals surface area contributed by atoms with Crippen LogP contribution in [0, 0.1) is 0 Å². The van der Waals surface area contributed by atoms with Gasteiger partial charge in [0.05, 0.1) is 18.4 Å². The van der Waals surface area contributed by atoms with Gasteiger partial charge in [0, 0.05) is 17.8 Å². The molecule has 3 N–H and O–H groups in total. The van der Waals surface area contributed by atoms with Gasteiger partial charge in [0.2, 0.25) is 5.91 Å². The molecule has 0 aliphatic carbocycles. The Hall–Kier alpha value is -2.60. The third kappa shape index (κ3) is 6.36. The molecule has 0 saturated heterocycles. The van der Waals surface area contributed by atoms with Crippen LogP contribution in [0.5, 0.6) is 0 Å². The first-order valence-corrected chi connectivity index (χ1v) is 7.47. The van der Waals surface area contributed by atoms with Crippen LogP contribution >= 0.6 is 11.6 Å². The first-order valence-electron chi connectivity index (χ1n) is 7.09. The van der Waals surface area contributed by atoms with E-state index in [1.165, 1.54) is 6.20 Å². The average molecular weight is 333 g/mol. The van der Waals surface area contributed by atoms with Gasteiger partial charge in [-0.3, -0.25) is 9.78 Å². The quantitative estimate of drug-likeness (QED) is 0.758. The maximum Gasteiger partial charge on any atom is 0.315 e. The molecule has 7 heteroatoms. The summed E-state index contributed by atoms with van der Waals surface area (Å²) in [4.78, 5) is 27.2. The lowest BCUT2D eigenvalue weighted by molar-refractivity contribution is -0.115. The van der Waals surface area contributed by atoms with E-state index in [0.29, 0.717) is 23.7 Å². The van der Waals surface area contributed by atoms with E-state index in [4.69, 9.17) is 11.6 Å². The van der Waals surface area contributed by atoms with Crippen molar-refractivity contribution in [3.05, 3.63) is 59.4 Å². The van der Waals surface area contributed by atoms with Gasteiger partial charge in [0.25, 0.3) is 0 Å². The topological polar surface area (TPSA) is 83.1 Å².